The second-order valence-corrected chi connectivity index (χ2v) is 3.96. The fourth-order valence-electron chi connectivity index (χ4n) is 1.56. The van der Waals surface area contributed by atoms with Crippen LogP contribution in [0.25, 0.3) is 0 Å². The monoisotopic (exact) mass is 250 g/mol. The molecule has 0 spiro atoms. The van der Waals surface area contributed by atoms with E-state index in [9.17, 15) is 13.6 Å². The smallest absolute Gasteiger partial charge is 0.250 e. The maximum Gasteiger partial charge on any atom is 0.250 e. The summed E-state index contributed by atoms with van der Waals surface area (Å²) >= 11 is 0. The van der Waals surface area contributed by atoms with Crippen molar-refractivity contribution in [3.05, 3.63) is 64.1 Å². The van der Waals surface area contributed by atoms with Gasteiger partial charge in [0.1, 0.15) is 11.6 Å². The molecular weight excluding hydrogens is 238 g/mol. The molecule has 0 saturated heterocycles. The molecule has 0 radical (unpaired) electrons. The van der Waals surface area contributed by atoms with Gasteiger partial charge in [-0.15, -0.1) is 0 Å². The molecule has 0 aliphatic heterocycles. The Morgan fingerprint density at radius 2 is 2.00 bits per heavy atom. The number of hydrogen-bond acceptors (Lipinski definition) is 2. The van der Waals surface area contributed by atoms with Gasteiger partial charge in [-0.25, -0.2) is 8.78 Å². The van der Waals surface area contributed by atoms with Gasteiger partial charge in [0, 0.05) is 37.5 Å². The number of hydrogen-bond donors (Lipinski definition) is 1. The van der Waals surface area contributed by atoms with Crippen LogP contribution in [0.3, 0.4) is 0 Å². The number of aryl methyl sites for hydroxylation is 1. The number of nitrogens with zero attached hydrogens (tertiary/aromatic N) is 1. The number of pyridine rings is 1. The summed E-state index contributed by atoms with van der Waals surface area (Å²) in [7, 11) is 1.63. The van der Waals surface area contributed by atoms with E-state index in [1.54, 1.807) is 19.3 Å². The van der Waals surface area contributed by atoms with E-state index in [0.717, 1.165) is 6.07 Å². The van der Waals surface area contributed by atoms with E-state index in [4.69, 9.17) is 0 Å². The van der Waals surface area contributed by atoms with E-state index < -0.39 is 11.6 Å². The maximum absolute atomic E-state index is 13.4. The fourth-order valence-corrected chi connectivity index (χ4v) is 1.56. The maximum atomic E-state index is 13.4. The molecule has 0 amide bonds. The van der Waals surface area contributed by atoms with E-state index in [1.807, 2.05) is 0 Å². The van der Waals surface area contributed by atoms with E-state index >= 15 is 0 Å². The molecule has 0 aliphatic carbocycles. The van der Waals surface area contributed by atoms with Crippen molar-refractivity contribution in [2.45, 2.75) is 6.54 Å². The molecule has 2 rings (SSSR count). The molecule has 94 valence electrons. The quantitative estimate of drug-likeness (QED) is 0.906. The summed E-state index contributed by atoms with van der Waals surface area (Å²) in [6.45, 7) is 0.227. The molecule has 0 fully saturated rings. The molecule has 3 nitrogen and oxygen atoms in total. The minimum atomic E-state index is -0.599. The molecule has 0 aliphatic rings. The SMILES string of the molecule is Cn1cc(NCc2ccc(F)cc2F)ccc1=O. The summed E-state index contributed by atoms with van der Waals surface area (Å²) in [5.41, 5.74) is 0.944. The summed E-state index contributed by atoms with van der Waals surface area (Å²) in [6, 6.07) is 6.48. The lowest BCUT2D eigenvalue weighted by atomic mass is 10.2. The van der Waals surface area contributed by atoms with Crippen LogP contribution in [0.4, 0.5) is 14.5 Å². The molecule has 0 unspecified atom stereocenters. The zero-order valence-corrected chi connectivity index (χ0v) is 9.78. The van der Waals surface area contributed by atoms with Crippen molar-refractivity contribution in [2.24, 2.45) is 7.05 Å². The van der Waals surface area contributed by atoms with E-state index in [2.05, 4.69) is 5.32 Å². The molecule has 18 heavy (non-hydrogen) atoms. The summed E-state index contributed by atoms with van der Waals surface area (Å²) in [5, 5.41) is 2.97. The van der Waals surface area contributed by atoms with Crippen LogP contribution in [0.5, 0.6) is 0 Å². The van der Waals surface area contributed by atoms with Crippen LogP contribution in [-0.4, -0.2) is 4.57 Å². The summed E-state index contributed by atoms with van der Waals surface area (Å²) in [6.07, 6.45) is 1.61. The minimum absolute atomic E-state index is 0.117. The van der Waals surface area contributed by atoms with E-state index in [-0.39, 0.29) is 12.1 Å². The number of aromatic nitrogens is 1. The Morgan fingerprint density at radius 1 is 1.22 bits per heavy atom. The van der Waals surface area contributed by atoms with Gasteiger partial charge in [0.15, 0.2) is 0 Å². The number of nitrogens with one attached hydrogen (secondary N) is 1. The van der Waals surface area contributed by atoms with Crippen molar-refractivity contribution in [3.63, 3.8) is 0 Å². The van der Waals surface area contributed by atoms with Gasteiger partial charge in [-0.3, -0.25) is 4.79 Å². The molecule has 1 aromatic heterocycles. The number of anilines is 1. The Kier molecular flexibility index (Phi) is 3.41. The Bertz CT molecular complexity index is 623. The Labute approximate surface area is 103 Å². The molecule has 0 saturated carbocycles. The lowest BCUT2D eigenvalue weighted by Gasteiger charge is -2.08. The first kappa shape index (κ1) is 12.3. The number of benzene rings is 1. The largest absolute Gasteiger partial charge is 0.380 e. The standard InChI is InChI=1S/C13H12F2N2O/c1-17-8-11(4-5-13(17)18)16-7-9-2-3-10(14)6-12(9)15/h2-6,8,16H,7H2,1H3. The average Bonchev–Trinajstić information content (AvgIpc) is 2.32. The lowest BCUT2D eigenvalue weighted by Crippen LogP contribution is -2.15. The highest BCUT2D eigenvalue weighted by Gasteiger charge is 2.03. The Hall–Kier alpha value is -2.17. The molecule has 1 N–H and O–H groups in total. The topological polar surface area (TPSA) is 34.0 Å². The average molecular weight is 250 g/mol. The summed E-state index contributed by atoms with van der Waals surface area (Å²) in [5.74, 6) is -1.19. The number of halogens is 2. The normalized spacial score (nSPS) is 10.4. The van der Waals surface area contributed by atoms with Crippen molar-refractivity contribution in [3.8, 4) is 0 Å². The molecule has 2 aromatic rings. The van der Waals surface area contributed by atoms with Gasteiger partial charge in [-0.05, 0) is 12.1 Å². The first-order valence-electron chi connectivity index (χ1n) is 5.41. The first-order valence-corrected chi connectivity index (χ1v) is 5.41. The molecular formula is C13H12F2N2O. The first-order chi connectivity index (χ1) is 8.56. The van der Waals surface area contributed by atoms with Crippen LogP contribution >= 0.6 is 0 Å². The summed E-state index contributed by atoms with van der Waals surface area (Å²) < 4.78 is 27.5. The summed E-state index contributed by atoms with van der Waals surface area (Å²) in [4.78, 5) is 11.2. The van der Waals surface area contributed by atoms with Crippen molar-refractivity contribution < 1.29 is 8.78 Å². The van der Waals surface area contributed by atoms with Crippen molar-refractivity contribution in [1.29, 1.82) is 0 Å². The second kappa shape index (κ2) is 5.00. The van der Waals surface area contributed by atoms with Crippen LogP contribution in [0, 0.1) is 11.6 Å². The van der Waals surface area contributed by atoms with Gasteiger partial charge in [0.25, 0.3) is 0 Å². The third-order valence-corrected chi connectivity index (χ3v) is 2.58. The number of rotatable bonds is 3. The van der Waals surface area contributed by atoms with Gasteiger partial charge in [-0.2, -0.15) is 0 Å². The molecule has 5 heteroatoms. The molecule has 1 aromatic carbocycles. The lowest BCUT2D eigenvalue weighted by molar-refractivity contribution is 0.574. The molecule has 0 atom stereocenters. The fraction of sp³-hybridized carbons (Fsp3) is 0.154. The predicted molar refractivity (Wildman–Crippen MR) is 65.4 cm³/mol. The van der Waals surface area contributed by atoms with Gasteiger partial charge in [-0.1, -0.05) is 6.07 Å². The van der Waals surface area contributed by atoms with E-state index in [0.29, 0.717) is 11.3 Å². The molecule has 1 heterocycles. The second-order valence-electron chi connectivity index (χ2n) is 3.96. The van der Waals surface area contributed by atoms with Crippen molar-refractivity contribution in [1.82, 2.24) is 4.57 Å². The molecule has 0 bridgehead atoms. The third kappa shape index (κ3) is 2.74. The zero-order chi connectivity index (χ0) is 13.1. The van der Waals surface area contributed by atoms with Gasteiger partial charge in [0.2, 0.25) is 5.56 Å². The van der Waals surface area contributed by atoms with Gasteiger partial charge < -0.3 is 9.88 Å². The van der Waals surface area contributed by atoms with Crippen molar-refractivity contribution in [2.75, 3.05) is 5.32 Å². The van der Waals surface area contributed by atoms with Gasteiger partial charge >= 0.3 is 0 Å². The van der Waals surface area contributed by atoms with E-state index in [1.165, 1.54) is 22.8 Å². The highest BCUT2D eigenvalue weighted by molar-refractivity contribution is 5.41. The highest BCUT2D eigenvalue weighted by Crippen LogP contribution is 2.12. The third-order valence-electron chi connectivity index (χ3n) is 2.58. The van der Waals surface area contributed by atoms with Crippen molar-refractivity contribution >= 4 is 5.69 Å². The highest BCUT2D eigenvalue weighted by atomic mass is 19.1. The Balaban J connectivity index is 2.11. The Morgan fingerprint density at radius 3 is 2.67 bits per heavy atom. The van der Waals surface area contributed by atoms with Crippen LogP contribution in [0.15, 0.2) is 41.3 Å². The van der Waals surface area contributed by atoms with Crippen LogP contribution < -0.4 is 10.9 Å². The van der Waals surface area contributed by atoms with Crippen LogP contribution in [0.2, 0.25) is 0 Å². The zero-order valence-electron chi connectivity index (χ0n) is 9.78. The minimum Gasteiger partial charge on any atom is -0.380 e. The van der Waals surface area contributed by atoms with Crippen LogP contribution in [0.1, 0.15) is 5.56 Å². The van der Waals surface area contributed by atoms with Gasteiger partial charge in [0.05, 0.1) is 5.69 Å². The van der Waals surface area contributed by atoms with Crippen LogP contribution in [-0.2, 0) is 13.6 Å². The predicted octanol–water partition coefficient (Wildman–Crippen LogP) is 2.28.